The summed E-state index contributed by atoms with van der Waals surface area (Å²) in [6, 6.07) is 14.3. The van der Waals surface area contributed by atoms with E-state index in [9.17, 15) is 9.59 Å². The van der Waals surface area contributed by atoms with E-state index in [1.54, 1.807) is 36.4 Å². The molecule has 2 aromatic heterocycles. The van der Waals surface area contributed by atoms with Gasteiger partial charge in [-0.15, -0.1) is 0 Å². The van der Waals surface area contributed by atoms with Gasteiger partial charge >= 0.3 is 0 Å². The Labute approximate surface area is 130 Å². The molecule has 0 aliphatic heterocycles. The van der Waals surface area contributed by atoms with Crippen molar-refractivity contribution in [2.45, 2.75) is 6.54 Å². The number of benzene rings is 2. The molecular weight excluding hydrogens is 292 g/mol. The molecule has 112 valence electrons. The summed E-state index contributed by atoms with van der Waals surface area (Å²) in [6.45, 7) is 0.163. The lowest BCUT2D eigenvalue weighted by Gasteiger charge is -2.07. The lowest BCUT2D eigenvalue weighted by atomic mass is 10.2. The molecule has 0 aliphatic rings. The highest BCUT2D eigenvalue weighted by atomic mass is 16.1. The molecule has 0 saturated heterocycles. The monoisotopic (exact) mass is 304 g/mol. The van der Waals surface area contributed by atoms with E-state index >= 15 is 0 Å². The molecule has 6 nitrogen and oxygen atoms in total. The van der Waals surface area contributed by atoms with E-state index < -0.39 is 0 Å². The van der Waals surface area contributed by atoms with Gasteiger partial charge in [-0.3, -0.25) is 14.2 Å². The Morgan fingerprint density at radius 2 is 1.61 bits per heavy atom. The van der Waals surface area contributed by atoms with Gasteiger partial charge in [-0.2, -0.15) is 0 Å². The highest BCUT2D eigenvalue weighted by Gasteiger charge is 2.07. The highest BCUT2D eigenvalue weighted by Crippen LogP contribution is 2.07. The molecule has 0 aliphatic carbocycles. The number of nitrogens with zero attached hydrogens (tertiary/aromatic N) is 3. The molecule has 4 rings (SSSR count). The number of para-hydroxylation sites is 2. The van der Waals surface area contributed by atoms with Crippen LogP contribution in [0.1, 0.15) is 5.82 Å². The van der Waals surface area contributed by atoms with Crippen molar-refractivity contribution in [1.82, 2.24) is 19.5 Å². The van der Waals surface area contributed by atoms with Gasteiger partial charge in [0.1, 0.15) is 5.82 Å². The Balaban J connectivity index is 1.83. The Bertz CT molecular complexity index is 1140. The van der Waals surface area contributed by atoms with Crippen molar-refractivity contribution in [3.8, 4) is 0 Å². The van der Waals surface area contributed by atoms with E-state index in [-0.39, 0.29) is 17.7 Å². The molecule has 6 heteroatoms. The third kappa shape index (κ3) is 2.30. The van der Waals surface area contributed by atoms with E-state index in [1.807, 2.05) is 12.1 Å². The molecule has 0 bridgehead atoms. The number of fused-ring (bicyclic) bond motifs is 2. The van der Waals surface area contributed by atoms with Crippen molar-refractivity contribution in [3.05, 3.63) is 81.4 Å². The fourth-order valence-corrected chi connectivity index (χ4v) is 2.59. The largest absolute Gasteiger partial charge is 0.308 e. The van der Waals surface area contributed by atoms with Crippen LogP contribution in [-0.4, -0.2) is 19.5 Å². The number of nitrogens with one attached hydrogen (secondary N) is 1. The summed E-state index contributed by atoms with van der Waals surface area (Å²) in [5.41, 5.74) is 0.876. The zero-order chi connectivity index (χ0) is 15.8. The Morgan fingerprint density at radius 3 is 2.43 bits per heavy atom. The van der Waals surface area contributed by atoms with Gasteiger partial charge in [-0.1, -0.05) is 24.3 Å². The van der Waals surface area contributed by atoms with E-state index in [4.69, 9.17) is 0 Å². The molecule has 4 aromatic rings. The Morgan fingerprint density at radius 1 is 0.913 bits per heavy atom. The molecule has 0 fully saturated rings. The zero-order valence-electron chi connectivity index (χ0n) is 12.1. The second kappa shape index (κ2) is 5.17. The number of aromatic amines is 1. The van der Waals surface area contributed by atoms with Crippen LogP contribution >= 0.6 is 0 Å². The minimum absolute atomic E-state index is 0.161. The highest BCUT2D eigenvalue weighted by molar-refractivity contribution is 5.77. The first kappa shape index (κ1) is 13.4. The summed E-state index contributed by atoms with van der Waals surface area (Å²) in [6.07, 6.45) is 1.47. The minimum atomic E-state index is -0.215. The molecular formula is C17H12N4O2. The summed E-state index contributed by atoms with van der Waals surface area (Å²) < 4.78 is 1.44. The van der Waals surface area contributed by atoms with Crippen LogP contribution in [0.2, 0.25) is 0 Å². The van der Waals surface area contributed by atoms with Crippen molar-refractivity contribution in [1.29, 1.82) is 0 Å². The van der Waals surface area contributed by atoms with Gasteiger partial charge in [0.05, 0.1) is 34.7 Å². The Hall–Kier alpha value is -3.28. The summed E-state index contributed by atoms with van der Waals surface area (Å²) in [4.78, 5) is 36.0. The average molecular weight is 304 g/mol. The molecule has 0 unspecified atom stereocenters. The first-order valence-electron chi connectivity index (χ1n) is 7.14. The second-order valence-electron chi connectivity index (χ2n) is 5.22. The molecule has 23 heavy (non-hydrogen) atoms. The third-order valence-corrected chi connectivity index (χ3v) is 3.71. The van der Waals surface area contributed by atoms with Gasteiger partial charge in [0.2, 0.25) is 0 Å². The molecule has 2 heterocycles. The van der Waals surface area contributed by atoms with Gasteiger partial charge in [0, 0.05) is 0 Å². The van der Waals surface area contributed by atoms with Crippen molar-refractivity contribution in [2.75, 3.05) is 0 Å². The van der Waals surface area contributed by atoms with Crippen LogP contribution in [0, 0.1) is 0 Å². The number of H-pyrrole nitrogens is 1. The van der Waals surface area contributed by atoms with Crippen molar-refractivity contribution in [3.63, 3.8) is 0 Å². The maximum atomic E-state index is 12.5. The van der Waals surface area contributed by atoms with Gasteiger partial charge in [-0.05, 0) is 24.3 Å². The van der Waals surface area contributed by atoms with Crippen molar-refractivity contribution < 1.29 is 0 Å². The first-order valence-corrected chi connectivity index (χ1v) is 7.14. The number of hydrogen-bond acceptors (Lipinski definition) is 4. The SMILES string of the molecule is O=c1[nH]c(Cn2cnc3ccccc3c2=O)nc2ccccc12. The van der Waals surface area contributed by atoms with Crippen LogP contribution < -0.4 is 11.1 Å². The normalized spacial score (nSPS) is 11.1. The summed E-state index contributed by atoms with van der Waals surface area (Å²) in [5, 5.41) is 1.07. The number of hydrogen-bond donors (Lipinski definition) is 1. The summed E-state index contributed by atoms with van der Waals surface area (Å²) in [7, 11) is 0. The molecule has 0 atom stereocenters. The van der Waals surface area contributed by atoms with Crippen LogP contribution in [0.5, 0.6) is 0 Å². The van der Waals surface area contributed by atoms with E-state index in [2.05, 4.69) is 15.0 Å². The summed E-state index contributed by atoms with van der Waals surface area (Å²) in [5.74, 6) is 0.424. The van der Waals surface area contributed by atoms with E-state index in [1.165, 1.54) is 10.9 Å². The third-order valence-electron chi connectivity index (χ3n) is 3.71. The lowest BCUT2D eigenvalue weighted by Crippen LogP contribution is -2.23. The fourth-order valence-electron chi connectivity index (χ4n) is 2.59. The van der Waals surface area contributed by atoms with E-state index in [0.717, 1.165) is 0 Å². The fraction of sp³-hybridized carbons (Fsp3) is 0.0588. The number of rotatable bonds is 2. The minimum Gasteiger partial charge on any atom is -0.308 e. The maximum absolute atomic E-state index is 12.5. The van der Waals surface area contributed by atoms with Gasteiger partial charge in [0.25, 0.3) is 11.1 Å². The van der Waals surface area contributed by atoms with Gasteiger partial charge in [0.15, 0.2) is 0 Å². The molecule has 0 saturated carbocycles. The number of aromatic nitrogens is 4. The Kier molecular flexibility index (Phi) is 3.01. The molecule has 0 amide bonds. The summed E-state index contributed by atoms with van der Waals surface area (Å²) >= 11 is 0. The van der Waals surface area contributed by atoms with Crippen LogP contribution in [0.25, 0.3) is 21.8 Å². The van der Waals surface area contributed by atoms with Crippen LogP contribution in [0.3, 0.4) is 0 Å². The topological polar surface area (TPSA) is 80.6 Å². The zero-order valence-corrected chi connectivity index (χ0v) is 12.1. The molecule has 0 radical (unpaired) electrons. The van der Waals surface area contributed by atoms with Crippen molar-refractivity contribution in [2.24, 2.45) is 0 Å². The molecule has 2 aromatic carbocycles. The van der Waals surface area contributed by atoms with Gasteiger partial charge < -0.3 is 4.98 Å². The van der Waals surface area contributed by atoms with Crippen LogP contribution in [-0.2, 0) is 6.54 Å². The van der Waals surface area contributed by atoms with Crippen molar-refractivity contribution >= 4 is 21.8 Å². The molecule has 0 spiro atoms. The standard InChI is InChI=1S/C17H12N4O2/c22-16-11-5-1-4-8-14(11)19-15(20-16)9-21-10-18-13-7-3-2-6-12(13)17(21)23/h1-8,10H,9H2,(H,19,20,22). The quantitative estimate of drug-likeness (QED) is 0.611. The predicted molar refractivity (Wildman–Crippen MR) is 87.5 cm³/mol. The van der Waals surface area contributed by atoms with Crippen LogP contribution in [0.15, 0.2) is 64.4 Å². The molecule has 1 N–H and O–H groups in total. The van der Waals surface area contributed by atoms with E-state index in [0.29, 0.717) is 27.6 Å². The van der Waals surface area contributed by atoms with Gasteiger partial charge in [-0.25, -0.2) is 9.97 Å². The first-order chi connectivity index (χ1) is 11.2. The maximum Gasteiger partial charge on any atom is 0.261 e. The predicted octanol–water partition coefficient (Wildman–Crippen LogP) is 1.68. The van der Waals surface area contributed by atoms with Crippen LogP contribution in [0.4, 0.5) is 0 Å². The lowest BCUT2D eigenvalue weighted by molar-refractivity contribution is 0.707. The average Bonchev–Trinajstić information content (AvgIpc) is 2.58. The smallest absolute Gasteiger partial charge is 0.261 e. The second-order valence-corrected chi connectivity index (χ2v) is 5.22.